The van der Waals surface area contributed by atoms with Gasteiger partial charge in [0.25, 0.3) is 10.0 Å². The molecule has 3 heterocycles. The Bertz CT molecular complexity index is 760. The lowest BCUT2D eigenvalue weighted by Gasteiger charge is -2.28. The standard InChI is InChI=1S/C11H11BN4O2S2/c1-2-4-16-7-3-5-19-10(7)9-8(20(16,17)18)6-13-11(14-9)15-12/h3,5-6H,2,4H2,1H3,(H,13,14,15). The number of thiophene rings is 1. The first-order valence-corrected chi connectivity index (χ1v) is 8.35. The van der Waals surface area contributed by atoms with Gasteiger partial charge in [0.2, 0.25) is 13.9 Å². The molecule has 0 saturated heterocycles. The average molecular weight is 306 g/mol. The zero-order valence-electron chi connectivity index (χ0n) is 10.7. The summed E-state index contributed by atoms with van der Waals surface area (Å²) in [7, 11) is 1.68. The maximum absolute atomic E-state index is 12.7. The van der Waals surface area contributed by atoms with Crippen molar-refractivity contribution in [2.75, 3.05) is 16.1 Å². The van der Waals surface area contributed by atoms with Crippen molar-refractivity contribution in [1.82, 2.24) is 9.97 Å². The lowest BCUT2D eigenvalue weighted by atomic mass is 10.2. The maximum atomic E-state index is 12.7. The van der Waals surface area contributed by atoms with Crippen LogP contribution in [0.3, 0.4) is 0 Å². The molecule has 2 aromatic heterocycles. The van der Waals surface area contributed by atoms with Crippen molar-refractivity contribution >= 4 is 41.0 Å². The minimum absolute atomic E-state index is 0.125. The zero-order valence-corrected chi connectivity index (χ0v) is 12.3. The van der Waals surface area contributed by atoms with E-state index in [0.717, 1.165) is 11.3 Å². The molecule has 102 valence electrons. The second-order valence-electron chi connectivity index (χ2n) is 4.26. The van der Waals surface area contributed by atoms with Gasteiger partial charge in [0.1, 0.15) is 10.6 Å². The molecule has 0 amide bonds. The van der Waals surface area contributed by atoms with E-state index in [1.165, 1.54) is 21.8 Å². The number of anilines is 2. The Morgan fingerprint density at radius 2 is 2.30 bits per heavy atom. The third-order valence-corrected chi connectivity index (χ3v) is 5.73. The first-order chi connectivity index (χ1) is 9.59. The molecule has 0 spiro atoms. The summed E-state index contributed by atoms with van der Waals surface area (Å²) in [6, 6.07) is 1.80. The molecule has 0 aliphatic carbocycles. The lowest BCUT2D eigenvalue weighted by molar-refractivity contribution is 0.588. The van der Waals surface area contributed by atoms with Gasteiger partial charge >= 0.3 is 0 Å². The van der Waals surface area contributed by atoms with E-state index < -0.39 is 10.0 Å². The van der Waals surface area contributed by atoms with Crippen LogP contribution in [0, 0.1) is 0 Å². The molecule has 0 atom stereocenters. The molecule has 1 N–H and O–H groups in total. The quantitative estimate of drug-likeness (QED) is 0.872. The fourth-order valence-corrected chi connectivity index (χ4v) is 4.83. The van der Waals surface area contributed by atoms with E-state index in [1.807, 2.05) is 12.3 Å². The highest BCUT2D eigenvalue weighted by atomic mass is 32.2. The van der Waals surface area contributed by atoms with Crippen LogP contribution in [0.25, 0.3) is 10.6 Å². The molecule has 6 nitrogen and oxygen atoms in total. The second kappa shape index (κ2) is 4.74. The average Bonchev–Trinajstić information content (AvgIpc) is 2.92. The third kappa shape index (κ3) is 1.81. The van der Waals surface area contributed by atoms with Gasteiger partial charge < -0.3 is 5.23 Å². The van der Waals surface area contributed by atoms with Crippen LogP contribution in [0.2, 0.25) is 0 Å². The molecule has 1 aliphatic rings. The van der Waals surface area contributed by atoms with E-state index in [-0.39, 0.29) is 10.8 Å². The van der Waals surface area contributed by atoms with Crippen molar-refractivity contribution in [2.45, 2.75) is 18.2 Å². The fourth-order valence-electron chi connectivity index (χ4n) is 2.16. The van der Waals surface area contributed by atoms with Crippen LogP contribution in [0.5, 0.6) is 0 Å². The highest BCUT2D eigenvalue weighted by Crippen LogP contribution is 2.45. The molecule has 3 rings (SSSR count). The minimum atomic E-state index is -3.61. The summed E-state index contributed by atoms with van der Waals surface area (Å²) in [5, 5.41) is 4.19. The van der Waals surface area contributed by atoms with Crippen LogP contribution >= 0.6 is 11.3 Å². The topological polar surface area (TPSA) is 75.2 Å². The molecule has 0 aromatic carbocycles. The van der Waals surface area contributed by atoms with Crippen molar-refractivity contribution in [3.05, 3.63) is 17.6 Å². The van der Waals surface area contributed by atoms with Crippen molar-refractivity contribution in [2.24, 2.45) is 0 Å². The SMILES string of the molecule is [B]Nc1ncc2c(n1)-c1sccc1N(CCC)S2(=O)=O. The first-order valence-electron chi connectivity index (χ1n) is 6.04. The van der Waals surface area contributed by atoms with E-state index >= 15 is 0 Å². The van der Waals surface area contributed by atoms with Crippen molar-refractivity contribution < 1.29 is 8.42 Å². The molecule has 2 aromatic rings. The summed E-state index contributed by atoms with van der Waals surface area (Å²) < 4.78 is 26.7. The zero-order chi connectivity index (χ0) is 14.3. The Balaban J connectivity index is 2.29. The Morgan fingerprint density at radius 1 is 1.50 bits per heavy atom. The lowest BCUT2D eigenvalue weighted by Crippen LogP contribution is -2.34. The molecular weight excluding hydrogens is 295 g/mol. The third-order valence-electron chi connectivity index (χ3n) is 3.01. The molecule has 2 radical (unpaired) electrons. The van der Waals surface area contributed by atoms with Crippen molar-refractivity contribution in [3.8, 4) is 10.6 Å². The van der Waals surface area contributed by atoms with Crippen LogP contribution in [0.1, 0.15) is 13.3 Å². The van der Waals surface area contributed by atoms with Crippen LogP contribution in [0.15, 0.2) is 22.5 Å². The molecule has 1 aliphatic heterocycles. The van der Waals surface area contributed by atoms with Crippen LogP contribution in [-0.4, -0.2) is 32.9 Å². The van der Waals surface area contributed by atoms with Gasteiger partial charge in [0.05, 0.1) is 16.8 Å². The van der Waals surface area contributed by atoms with E-state index in [9.17, 15) is 8.42 Å². The van der Waals surface area contributed by atoms with Gasteiger partial charge in [-0.25, -0.2) is 18.4 Å². The molecular formula is C11H11BN4O2S2. The normalized spacial score (nSPS) is 15.6. The summed E-state index contributed by atoms with van der Waals surface area (Å²) in [5.74, 6) is 0.197. The first kappa shape index (κ1) is 13.4. The Kier molecular flexibility index (Phi) is 3.17. The molecule has 0 unspecified atom stereocenters. The van der Waals surface area contributed by atoms with Gasteiger partial charge in [-0.05, 0) is 17.9 Å². The monoisotopic (exact) mass is 306 g/mol. The van der Waals surface area contributed by atoms with E-state index in [4.69, 9.17) is 7.98 Å². The number of rotatable bonds is 3. The Morgan fingerprint density at radius 3 is 3.00 bits per heavy atom. The number of sulfonamides is 1. The van der Waals surface area contributed by atoms with E-state index in [0.29, 0.717) is 17.9 Å². The van der Waals surface area contributed by atoms with E-state index in [1.54, 1.807) is 6.07 Å². The molecule has 0 fully saturated rings. The molecule has 0 saturated carbocycles. The smallest absolute Gasteiger partial charge is 0.268 e. The molecule has 9 heteroatoms. The van der Waals surface area contributed by atoms with Gasteiger partial charge in [0, 0.05) is 6.54 Å². The summed E-state index contributed by atoms with van der Waals surface area (Å²) in [5.41, 5.74) is 1.08. The maximum Gasteiger partial charge on any atom is 0.268 e. The second-order valence-corrected chi connectivity index (χ2v) is 7.01. The van der Waals surface area contributed by atoms with Crippen LogP contribution < -0.4 is 9.53 Å². The number of nitrogens with zero attached hydrogens (tertiary/aromatic N) is 3. The summed E-state index contributed by atoms with van der Waals surface area (Å²) >= 11 is 1.45. The van der Waals surface area contributed by atoms with Gasteiger partial charge in [-0.3, -0.25) is 4.31 Å². The number of nitrogens with one attached hydrogen (secondary N) is 1. The number of aromatic nitrogens is 2. The number of hydrogen-bond acceptors (Lipinski definition) is 6. The number of hydrogen-bond donors (Lipinski definition) is 1. The molecule has 0 bridgehead atoms. The van der Waals surface area contributed by atoms with Gasteiger partial charge in [-0.1, -0.05) is 6.92 Å². The largest absolute Gasteiger partial charge is 0.407 e. The van der Waals surface area contributed by atoms with Gasteiger partial charge in [0.15, 0.2) is 0 Å². The summed E-state index contributed by atoms with van der Waals surface area (Å²) in [6.07, 6.45) is 2.03. The predicted molar refractivity (Wildman–Crippen MR) is 79.5 cm³/mol. The summed E-state index contributed by atoms with van der Waals surface area (Å²) in [4.78, 5) is 9.05. The Hall–Kier alpha value is -1.61. The number of fused-ring (bicyclic) bond motifs is 3. The van der Waals surface area contributed by atoms with Crippen molar-refractivity contribution in [3.63, 3.8) is 0 Å². The molecule has 20 heavy (non-hydrogen) atoms. The highest BCUT2D eigenvalue weighted by molar-refractivity contribution is 7.93. The van der Waals surface area contributed by atoms with Gasteiger partial charge in [-0.2, -0.15) is 0 Å². The highest BCUT2D eigenvalue weighted by Gasteiger charge is 2.36. The fraction of sp³-hybridized carbons (Fsp3) is 0.273. The van der Waals surface area contributed by atoms with Crippen LogP contribution in [0.4, 0.5) is 11.6 Å². The van der Waals surface area contributed by atoms with E-state index in [2.05, 4.69) is 15.2 Å². The minimum Gasteiger partial charge on any atom is -0.407 e. The Labute approximate surface area is 122 Å². The van der Waals surface area contributed by atoms with Crippen LogP contribution in [-0.2, 0) is 10.0 Å². The van der Waals surface area contributed by atoms with Gasteiger partial charge in [-0.15, -0.1) is 11.3 Å². The van der Waals surface area contributed by atoms with Crippen molar-refractivity contribution in [1.29, 1.82) is 0 Å². The predicted octanol–water partition coefficient (Wildman–Crippen LogP) is 1.62. The summed E-state index contributed by atoms with van der Waals surface area (Å²) in [6.45, 7) is 2.37.